The number of rotatable bonds is 7. The first kappa shape index (κ1) is 25.0. The number of ether oxygens (including phenoxy) is 2. The van der Waals surface area contributed by atoms with Crippen LogP contribution in [-0.2, 0) is 30.4 Å². The number of thiazole rings is 1. The van der Waals surface area contributed by atoms with Crippen LogP contribution in [0.5, 0.6) is 0 Å². The minimum absolute atomic E-state index is 0.0398. The quantitative estimate of drug-likeness (QED) is 0.544. The van der Waals surface area contributed by atoms with Gasteiger partial charge < -0.3 is 18.9 Å². The van der Waals surface area contributed by atoms with E-state index in [0.29, 0.717) is 20.6 Å². The molecule has 1 aromatic heterocycles. The number of hydrogen-bond acceptors (Lipinski definition) is 8. The molecule has 178 valence electrons. The maximum atomic E-state index is 12.5. The summed E-state index contributed by atoms with van der Waals surface area (Å²) in [5, 5.41) is 0. The first-order valence-electron chi connectivity index (χ1n) is 10.6. The lowest BCUT2D eigenvalue weighted by Crippen LogP contribution is -2.43. The monoisotopic (exact) mass is 493 g/mol. The van der Waals surface area contributed by atoms with Crippen LogP contribution in [0, 0.1) is 0 Å². The van der Waals surface area contributed by atoms with Crippen LogP contribution >= 0.6 is 23.1 Å². The van der Waals surface area contributed by atoms with Crippen LogP contribution in [-0.4, -0.2) is 71.5 Å². The highest BCUT2D eigenvalue weighted by Crippen LogP contribution is 2.21. The highest BCUT2D eigenvalue weighted by Gasteiger charge is 2.23. The molecular weight excluding hydrogens is 466 g/mol. The van der Waals surface area contributed by atoms with Crippen molar-refractivity contribution in [1.82, 2.24) is 9.47 Å². The number of nitrogens with zero attached hydrogens (tertiary/aromatic N) is 3. The number of hydrogen-bond donors (Lipinski definition) is 0. The van der Waals surface area contributed by atoms with Gasteiger partial charge >= 0.3 is 11.9 Å². The molecule has 1 aliphatic heterocycles. The number of piperidine rings is 1. The largest absolute Gasteiger partial charge is 0.468 e. The first-order valence-corrected chi connectivity index (χ1v) is 12.5. The zero-order valence-electron chi connectivity index (χ0n) is 18.9. The van der Waals surface area contributed by atoms with Gasteiger partial charge in [0.05, 0.1) is 41.5 Å². The lowest BCUT2D eigenvalue weighted by molar-refractivity contribution is -0.141. The fourth-order valence-electron chi connectivity index (χ4n) is 3.67. The Bertz CT molecular complexity index is 1120. The number of benzene rings is 1. The molecule has 1 aromatic carbocycles. The predicted molar refractivity (Wildman–Crippen MR) is 126 cm³/mol. The van der Waals surface area contributed by atoms with Gasteiger partial charge in [-0.15, -0.1) is 11.8 Å². The molecule has 2 amide bonds. The zero-order valence-corrected chi connectivity index (χ0v) is 20.5. The van der Waals surface area contributed by atoms with Crippen molar-refractivity contribution in [3.63, 3.8) is 0 Å². The van der Waals surface area contributed by atoms with Crippen molar-refractivity contribution in [2.75, 3.05) is 32.3 Å². The molecule has 9 nitrogen and oxygen atoms in total. The van der Waals surface area contributed by atoms with E-state index in [2.05, 4.69) is 11.9 Å². The molecule has 1 unspecified atom stereocenters. The third-order valence-electron chi connectivity index (χ3n) is 5.41. The van der Waals surface area contributed by atoms with Gasteiger partial charge in [-0.3, -0.25) is 14.4 Å². The second kappa shape index (κ2) is 11.5. The molecule has 11 heteroatoms. The molecule has 3 rings (SSSR count). The summed E-state index contributed by atoms with van der Waals surface area (Å²) in [6.45, 7) is 2.69. The summed E-state index contributed by atoms with van der Waals surface area (Å²) in [5.74, 6) is -1.06. The lowest BCUT2D eigenvalue weighted by atomic mass is 10.0. The number of carbonyl (C=O) groups is 4. The third kappa shape index (κ3) is 6.23. The van der Waals surface area contributed by atoms with E-state index in [9.17, 15) is 19.2 Å². The number of methoxy groups -OCH3 is 2. The Kier molecular flexibility index (Phi) is 8.67. The second-order valence-electron chi connectivity index (χ2n) is 7.65. The maximum Gasteiger partial charge on any atom is 0.337 e. The molecule has 1 fully saturated rings. The van der Waals surface area contributed by atoms with Gasteiger partial charge in [0.25, 0.3) is 5.91 Å². The zero-order chi connectivity index (χ0) is 24.0. The molecule has 0 spiro atoms. The first-order chi connectivity index (χ1) is 15.8. The molecule has 0 N–H and O–H groups in total. The van der Waals surface area contributed by atoms with Gasteiger partial charge in [-0.05, 0) is 44.4 Å². The van der Waals surface area contributed by atoms with Crippen LogP contribution in [0.25, 0.3) is 10.2 Å². The fourth-order valence-corrected chi connectivity index (χ4v) is 5.43. The molecule has 0 bridgehead atoms. The average Bonchev–Trinajstić information content (AvgIpc) is 3.14. The van der Waals surface area contributed by atoms with E-state index in [4.69, 9.17) is 9.47 Å². The van der Waals surface area contributed by atoms with Crippen LogP contribution in [0.4, 0.5) is 0 Å². The molecule has 33 heavy (non-hydrogen) atoms. The number of esters is 2. The van der Waals surface area contributed by atoms with Gasteiger partial charge in [0, 0.05) is 12.6 Å². The van der Waals surface area contributed by atoms with Gasteiger partial charge in [-0.1, -0.05) is 11.3 Å². The second-order valence-corrected chi connectivity index (χ2v) is 9.65. The Balaban J connectivity index is 1.77. The molecule has 1 saturated heterocycles. The highest BCUT2D eigenvalue weighted by atomic mass is 32.2. The van der Waals surface area contributed by atoms with Crippen LogP contribution < -0.4 is 4.80 Å². The Labute approximate surface area is 199 Å². The summed E-state index contributed by atoms with van der Waals surface area (Å²) in [4.78, 5) is 55.1. The topological polar surface area (TPSA) is 107 Å². The SMILES string of the molecule is COC(=O)Cn1c(=NC(=O)CSCC(=O)N2CCCCC2C)sc2cc(C(=O)OC)ccc21. The predicted octanol–water partition coefficient (Wildman–Crippen LogP) is 2.22. The molecule has 2 heterocycles. The standard InChI is InChI=1S/C22H27N3O6S2/c1-14-6-4-5-9-24(14)19(27)13-32-12-18(26)23-22-25(11-20(28)30-2)16-8-7-15(21(29)31-3)10-17(16)33-22/h7-8,10,14H,4-6,9,11-13H2,1-3H3. The molecule has 0 radical (unpaired) electrons. The minimum Gasteiger partial charge on any atom is -0.468 e. The Morgan fingerprint density at radius 3 is 2.64 bits per heavy atom. The number of thioether (sulfide) groups is 1. The van der Waals surface area contributed by atoms with Gasteiger partial charge in [-0.2, -0.15) is 4.99 Å². The van der Waals surface area contributed by atoms with Crippen molar-refractivity contribution in [3.8, 4) is 0 Å². The minimum atomic E-state index is -0.490. The van der Waals surface area contributed by atoms with E-state index < -0.39 is 17.8 Å². The fraction of sp³-hybridized carbons (Fsp3) is 0.500. The number of carbonyl (C=O) groups excluding carboxylic acids is 4. The number of fused-ring (bicyclic) bond motifs is 1. The maximum absolute atomic E-state index is 12.5. The number of amides is 2. The average molecular weight is 494 g/mol. The summed E-state index contributed by atoms with van der Waals surface area (Å²) in [6, 6.07) is 5.13. The van der Waals surface area contributed by atoms with Crippen LogP contribution in [0.3, 0.4) is 0 Å². The number of aromatic nitrogens is 1. The van der Waals surface area contributed by atoms with Crippen molar-refractivity contribution in [3.05, 3.63) is 28.6 Å². The summed E-state index contributed by atoms with van der Waals surface area (Å²) in [5.41, 5.74) is 1.00. The molecule has 0 saturated carbocycles. The molecule has 1 atom stereocenters. The van der Waals surface area contributed by atoms with E-state index in [1.165, 1.54) is 37.3 Å². The number of likely N-dealkylation sites (tertiary alicyclic amines) is 1. The van der Waals surface area contributed by atoms with Gasteiger partial charge in [0.15, 0.2) is 4.80 Å². The van der Waals surface area contributed by atoms with E-state index in [1.807, 2.05) is 4.90 Å². The Morgan fingerprint density at radius 1 is 1.15 bits per heavy atom. The summed E-state index contributed by atoms with van der Waals surface area (Å²) < 4.78 is 11.8. The molecule has 1 aliphatic rings. The normalized spacial score (nSPS) is 16.6. The van der Waals surface area contributed by atoms with Crippen LogP contribution in [0.2, 0.25) is 0 Å². The van der Waals surface area contributed by atoms with Crippen LogP contribution in [0.15, 0.2) is 23.2 Å². The van der Waals surface area contributed by atoms with E-state index >= 15 is 0 Å². The Hall–Kier alpha value is -2.66. The van der Waals surface area contributed by atoms with Crippen molar-refractivity contribution in [2.24, 2.45) is 4.99 Å². The van der Waals surface area contributed by atoms with Crippen molar-refractivity contribution >= 4 is 57.1 Å². The third-order valence-corrected chi connectivity index (χ3v) is 7.36. The van der Waals surface area contributed by atoms with Crippen molar-refractivity contribution in [1.29, 1.82) is 0 Å². The van der Waals surface area contributed by atoms with Crippen molar-refractivity contribution in [2.45, 2.75) is 38.8 Å². The molecular formula is C22H27N3O6S2. The molecule has 2 aromatic rings. The van der Waals surface area contributed by atoms with E-state index in [-0.39, 0.29) is 30.0 Å². The van der Waals surface area contributed by atoms with Gasteiger partial charge in [0.1, 0.15) is 6.54 Å². The Morgan fingerprint density at radius 2 is 1.94 bits per heavy atom. The van der Waals surface area contributed by atoms with E-state index in [0.717, 1.165) is 25.8 Å². The van der Waals surface area contributed by atoms with Crippen molar-refractivity contribution < 1.29 is 28.7 Å². The highest BCUT2D eigenvalue weighted by molar-refractivity contribution is 8.00. The van der Waals surface area contributed by atoms with Gasteiger partial charge in [0.2, 0.25) is 5.91 Å². The smallest absolute Gasteiger partial charge is 0.337 e. The summed E-state index contributed by atoms with van der Waals surface area (Å²) >= 11 is 2.42. The molecule has 0 aliphatic carbocycles. The summed E-state index contributed by atoms with van der Waals surface area (Å²) in [6.07, 6.45) is 3.16. The van der Waals surface area contributed by atoms with Gasteiger partial charge in [-0.25, -0.2) is 4.79 Å². The van der Waals surface area contributed by atoms with Crippen LogP contribution in [0.1, 0.15) is 36.5 Å². The van der Waals surface area contributed by atoms with E-state index in [1.54, 1.807) is 22.8 Å². The lowest BCUT2D eigenvalue weighted by Gasteiger charge is -2.33. The summed E-state index contributed by atoms with van der Waals surface area (Å²) in [7, 11) is 2.58.